The highest BCUT2D eigenvalue weighted by Crippen LogP contribution is 2.35. The lowest BCUT2D eigenvalue weighted by Gasteiger charge is -2.22. The number of amides is 1. The number of nitrogens with one attached hydrogen (secondary N) is 3. The highest BCUT2D eigenvalue weighted by Gasteiger charge is 2.25. The third-order valence-electron chi connectivity index (χ3n) is 6.37. The molecule has 0 spiro atoms. The molecule has 39 heavy (non-hydrogen) atoms. The zero-order valence-electron chi connectivity index (χ0n) is 21.9. The van der Waals surface area contributed by atoms with E-state index in [4.69, 9.17) is 27.9 Å². The first kappa shape index (κ1) is 28.7. The number of nitrogens with zero attached hydrogens (tertiary/aromatic N) is 2. The average Bonchev–Trinajstić information content (AvgIpc) is 3.25. The predicted octanol–water partition coefficient (Wildman–Crippen LogP) is 4.82. The van der Waals surface area contributed by atoms with Crippen LogP contribution in [0.15, 0.2) is 65.6 Å². The Morgan fingerprint density at radius 1 is 1.05 bits per heavy atom. The molecule has 1 heterocycles. The van der Waals surface area contributed by atoms with E-state index < -0.39 is 15.6 Å². The molecule has 1 aromatic heterocycles. The van der Waals surface area contributed by atoms with Gasteiger partial charge in [-0.05, 0) is 56.3 Å². The molecule has 0 saturated heterocycles. The van der Waals surface area contributed by atoms with Gasteiger partial charge in [0.1, 0.15) is 10.6 Å². The molecule has 0 aliphatic rings. The van der Waals surface area contributed by atoms with Crippen molar-refractivity contribution in [2.45, 2.75) is 37.4 Å². The number of ether oxygens (including phenoxy) is 1. The summed E-state index contributed by atoms with van der Waals surface area (Å²) in [5, 5.41) is 11.1. The van der Waals surface area contributed by atoms with Gasteiger partial charge in [-0.2, -0.15) is 5.10 Å². The second-order valence-corrected chi connectivity index (χ2v) is 11.8. The summed E-state index contributed by atoms with van der Waals surface area (Å²) in [5.41, 5.74) is 1.80. The maximum atomic E-state index is 13.3. The fourth-order valence-corrected chi connectivity index (χ4v) is 5.73. The van der Waals surface area contributed by atoms with Gasteiger partial charge in [-0.1, -0.05) is 59.6 Å². The fourth-order valence-electron chi connectivity index (χ4n) is 3.96. The maximum Gasteiger partial charge on any atom is 0.264 e. The molecule has 3 aromatic carbocycles. The fraction of sp³-hybridized carbons (Fsp3) is 0.259. The molecular weight excluding hydrogens is 561 g/mol. The summed E-state index contributed by atoms with van der Waals surface area (Å²) in [6.45, 7) is 4.31. The van der Waals surface area contributed by atoms with Crippen LogP contribution in [0.5, 0.6) is 5.75 Å². The molecule has 12 heteroatoms. The zero-order chi connectivity index (χ0) is 28.4. The van der Waals surface area contributed by atoms with E-state index in [1.807, 2.05) is 44.2 Å². The number of fused-ring (bicyclic) bond motifs is 1. The first-order valence-electron chi connectivity index (χ1n) is 12.0. The van der Waals surface area contributed by atoms with Crippen LogP contribution in [0.1, 0.15) is 25.0 Å². The van der Waals surface area contributed by atoms with Gasteiger partial charge in [0, 0.05) is 6.54 Å². The Labute approximate surface area is 237 Å². The van der Waals surface area contributed by atoms with Crippen LogP contribution in [0.25, 0.3) is 10.9 Å². The van der Waals surface area contributed by atoms with Crippen LogP contribution in [0, 0.1) is 0 Å². The van der Waals surface area contributed by atoms with E-state index in [1.54, 1.807) is 23.9 Å². The van der Waals surface area contributed by atoms with Crippen molar-refractivity contribution in [3.05, 3.63) is 81.8 Å². The molecule has 206 valence electrons. The lowest BCUT2D eigenvalue weighted by Crippen LogP contribution is -2.50. The number of carbonyl (C=O) groups is 1. The Morgan fingerprint density at radius 3 is 2.46 bits per heavy atom. The van der Waals surface area contributed by atoms with Gasteiger partial charge in [0.25, 0.3) is 10.0 Å². The minimum absolute atomic E-state index is 0.0793. The van der Waals surface area contributed by atoms with Crippen molar-refractivity contribution in [2.24, 2.45) is 0 Å². The molecule has 0 saturated carbocycles. The summed E-state index contributed by atoms with van der Waals surface area (Å²) in [5.74, 6) is 0.436. The molecule has 3 N–H and O–H groups in total. The molecule has 0 unspecified atom stereocenters. The number of aromatic nitrogens is 2. The zero-order valence-corrected chi connectivity index (χ0v) is 24.2. The van der Waals surface area contributed by atoms with Crippen molar-refractivity contribution < 1.29 is 17.9 Å². The van der Waals surface area contributed by atoms with Crippen LogP contribution >= 0.6 is 23.2 Å². The number of rotatable bonds is 10. The first-order valence-corrected chi connectivity index (χ1v) is 14.3. The largest absolute Gasteiger partial charge is 0.496 e. The van der Waals surface area contributed by atoms with Crippen molar-refractivity contribution in [2.75, 3.05) is 18.9 Å². The molecule has 0 aliphatic carbocycles. The number of likely N-dealkylation sites (N-methyl/N-ethyl adjacent to an activating group) is 1. The Bertz CT molecular complexity index is 1640. The molecule has 0 radical (unpaired) electrons. The summed E-state index contributed by atoms with van der Waals surface area (Å²) >= 11 is 12.2. The number of sulfonamides is 1. The number of halogens is 2. The van der Waals surface area contributed by atoms with Crippen LogP contribution in [0.2, 0.25) is 10.0 Å². The van der Waals surface area contributed by atoms with Crippen LogP contribution in [-0.4, -0.2) is 43.8 Å². The lowest BCUT2D eigenvalue weighted by atomic mass is 10.0. The van der Waals surface area contributed by atoms with E-state index in [9.17, 15) is 13.2 Å². The van der Waals surface area contributed by atoms with E-state index in [0.29, 0.717) is 29.7 Å². The third kappa shape index (κ3) is 6.14. The summed E-state index contributed by atoms with van der Waals surface area (Å²) in [6, 6.07) is 17.5. The Kier molecular flexibility index (Phi) is 8.41. The molecule has 4 rings (SSSR count). The molecule has 0 bridgehead atoms. The third-order valence-corrected chi connectivity index (χ3v) is 8.68. The normalized spacial score (nSPS) is 11.9. The van der Waals surface area contributed by atoms with Crippen molar-refractivity contribution in [1.82, 2.24) is 20.4 Å². The topological polar surface area (TPSA) is 114 Å². The second kappa shape index (κ2) is 11.4. The Morgan fingerprint density at radius 2 is 1.74 bits per heavy atom. The van der Waals surface area contributed by atoms with Gasteiger partial charge in [0.15, 0.2) is 5.82 Å². The molecule has 0 fully saturated rings. The molecule has 4 aromatic rings. The smallest absolute Gasteiger partial charge is 0.264 e. The summed E-state index contributed by atoms with van der Waals surface area (Å²) in [7, 11) is -0.879. The summed E-state index contributed by atoms with van der Waals surface area (Å²) in [4.78, 5) is 12.3. The van der Waals surface area contributed by atoms with Crippen molar-refractivity contribution in [3.63, 3.8) is 0 Å². The minimum Gasteiger partial charge on any atom is -0.496 e. The van der Waals surface area contributed by atoms with Crippen LogP contribution in [0.3, 0.4) is 0 Å². The Balaban J connectivity index is 1.66. The van der Waals surface area contributed by atoms with Crippen molar-refractivity contribution in [3.8, 4) is 5.75 Å². The van der Waals surface area contributed by atoms with E-state index >= 15 is 0 Å². The van der Waals surface area contributed by atoms with Crippen LogP contribution < -0.4 is 20.1 Å². The predicted molar refractivity (Wildman–Crippen MR) is 154 cm³/mol. The Hall–Kier alpha value is -3.31. The van der Waals surface area contributed by atoms with E-state index in [1.165, 1.54) is 25.3 Å². The quantitative estimate of drug-likeness (QED) is 0.244. The number of anilines is 1. The highest BCUT2D eigenvalue weighted by molar-refractivity contribution is 7.92. The molecule has 1 amide bonds. The standard InChI is InChI=1S/C27H29Cl2N5O4S/c1-27(2,30-3)26(35)31-15-17-8-5-9-18(14-17)16-34-20-11-7-12-21(38-4)23(20)25(32-34)33-39(36,37)22-13-6-10-19(28)24(22)29/h5-14,30H,15-16H2,1-4H3,(H,31,35)(H,32,33). The lowest BCUT2D eigenvalue weighted by molar-refractivity contribution is -0.126. The van der Waals surface area contributed by atoms with Crippen LogP contribution in [0.4, 0.5) is 5.82 Å². The number of hydrogen-bond acceptors (Lipinski definition) is 6. The van der Waals surface area contributed by atoms with Crippen molar-refractivity contribution in [1.29, 1.82) is 0 Å². The van der Waals surface area contributed by atoms with Gasteiger partial charge in [0.2, 0.25) is 5.91 Å². The summed E-state index contributed by atoms with van der Waals surface area (Å²) in [6.07, 6.45) is 0. The number of methoxy groups -OCH3 is 1. The molecule has 9 nitrogen and oxygen atoms in total. The van der Waals surface area contributed by atoms with Gasteiger partial charge < -0.3 is 15.4 Å². The average molecular weight is 591 g/mol. The molecular formula is C27H29Cl2N5O4S. The van der Waals surface area contributed by atoms with Gasteiger partial charge >= 0.3 is 0 Å². The number of benzene rings is 3. The SMILES string of the molecule is CNC(C)(C)C(=O)NCc1cccc(Cn2nc(NS(=O)(=O)c3cccc(Cl)c3Cl)c3c(OC)cccc32)c1. The second-order valence-electron chi connectivity index (χ2n) is 9.40. The number of hydrogen-bond donors (Lipinski definition) is 3. The van der Waals surface area contributed by atoms with E-state index in [2.05, 4.69) is 20.5 Å². The van der Waals surface area contributed by atoms with Crippen LogP contribution in [-0.2, 0) is 27.9 Å². The monoisotopic (exact) mass is 589 g/mol. The van der Waals surface area contributed by atoms with Gasteiger partial charge in [-0.3, -0.25) is 14.2 Å². The molecule has 0 aliphatic heterocycles. The first-order chi connectivity index (χ1) is 18.5. The van der Waals surface area contributed by atoms with Gasteiger partial charge in [-0.15, -0.1) is 0 Å². The number of carbonyl (C=O) groups excluding carboxylic acids is 1. The minimum atomic E-state index is -4.12. The van der Waals surface area contributed by atoms with Gasteiger partial charge in [0.05, 0.1) is 40.1 Å². The molecule has 0 atom stereocenters. The summed E-state index contributed by atoms with van der Waals surface area (Å²) < 4.78 is 36.3. The highest BCUT2D eigenvalue weighted by atomic mass is 35.5. The van der Waals surface area contributed by atoms with Gasteiger partial charge in [-0.25, -0.2) is 8.42 Å². The maximum absolute atomic E-state index is 13.3. The van der Waals surface area contributed by atoms with E-state index in [-0.39, 0.29) is 26.7 Å². The van der Waals surface area contributed by atoms with Crippen molar-refractivity contribution >= 4 is 55.9 Å². The van der Waals surface area contributed by atoms with E-state index in [0.717, 1.165) is 11.1 Å².